The highest BCUT2D eigenvalue weighted by Gasteiger charge is 2.21. The lowest BCUT2D eigenvalue weighted by Crippen LogP contribution is -2.13. The van der Waals surface area contributed by atoms with Gasteiger partial charge in [0.05, 0.1) is 16.1 Å². The molecule has 0 fully saturated rings. The van der Waals surface area contributed by atoms with Crippen LogP contribution in [0.25, 0.3) is 11.0 Å². The topological polar surface area (TPSA) is 72.0 Å². The fourth-order valence-electron chi connectivity index (χ4n) is 1.68. The summed E-state index contributed by atoms with van der Waals surface area (Å²) in [5.74, 6) is -0.0546. The summed E-state index contributed by atoms with van der Waals surface area (Å²) in [5, 5.41) is 0.124. The van der Waals surface area contributed by atoms with Gasteiger partial charge in [-0.1, -0.05) is 46.9 Å². The largest absolute Gasteiger partial charge is 0.272 e. The van der Waals surface area contributed by atoms with E-state index in [1.54, 1.807) is 24.3 Å². The predicted molar refractivity (Wildman–Crippen MR) is 89.7 cm³/mol. The maximum Gasteiger partial charge on any atom is 0.272 e. The molecule has 0 bridgehead atoms. The first kappa shape index (κ1) is 15.8. The van der Waals surface area contributed by atoms with E-state index in [1.165, 1.54) is 6.07 Å². The third kappa shape index (κ3) is 3.00. The Balaban J connectivity index is 2.03. The van der Waals surface area contributed by atoms with Gasteiger partial charge in [0.25, 0.3) is 10.0 Å². The van der Waals surface area contributed by atoms with Crippen LogP contribution in [0.1, 0.15) is 0 Å². The van der Waals surface area contributed by atoms with Gasteiger partial charge in [0.1, 0.15) is 8.55 Å². The number of fused-ring (bicyclic) bond motifs is 1. The number of para-hydroxylation sites is 2. The summed E-state index contributed by atoms with van der Waals surface area (Å²) in [6, 6.07) is 8.24. The number of rotatable bonds is 3. The first-order chi connectivity index (χ1) is 10.4. The van der Waals surface area contributed by atoms with Crippen LogP contribution in [0, 0.1) is 0 Å². The summed E-state index contributed by atoms with van der Waals surface area (Å²) in [7, 11) is -3.89. The van der Waals surface area contributed by atoms with E-state index in [-0.39, 0.29) is 24.5 Å². The normalized spacial score (nSPS) is 11.8. The molecule has 10 heteroatoms. The van der Waals surface area contributed by atoms with Crippen LogP contribution in [-0.2, 0) is 10.0 Å². The zero-order chi connectivity index (χ0) is 15.9. The molecule has 0 unspecified atom stereocenters. The number of halogens is 3. The van der Waals surface area contributed by atoms with Gasteiger partial charge in [-0.2, -0.15) is 0 Å². The maximum atomic E-state index is 12.3. The number of anilines is 1. The Kier molecular flexibility index (Phi) is 4.17. The van der Waals surface area contributed by atoms with Gasteiger partial charge in [-0.25, -0.2) is 18.4 Å². The molecular weight excluding hydrogens is 389 g/mol. The molecule has 2 heterocycles. The Morgan fingerprint density at radius 3 is 2.27 bits per heavy atom. The highest BCUT2D eigenvalue weighted by Crippen LogP contribution is 2.35. The predicted octanol–water partition coefficient (Wildman–Crippen LogP) is 4.45. The lowest BCUT2D eigenvalue weighted by Gasteiger charge is -2.07. The minimum absolute atomic E-state index is 0.0338. The number of benzene rings is 1. The standard InChI is InChI=1S/C12H6Cl3N3O2S2/c13-6-5-9(21-11(6)15)22(19,20)18-12-10(14)16-7-3-1-2-4-8(7)17-12/h1-5H,(H,17,18). The number of thiophene rings is 1. The van der Waals surface area contributed by atoms with Crippen LogP contribution in [0.4, 0.5) is 5.82 Å². The van der Waals surface area contributed by atoms with E-state index >= 15 is 0 Å². The molecule has 0 saturated carbocycles. The zero-order valence-electron chi connectivity index (χ0n) is 10.5. The molecule has 2 aromatic heterocycles. The molecular formula is C12H6Cl3N3O2S2. The molecule has 0 aliphatic carbocycles. The number of hydrogen-bond donors (Lipinski definition) is 1. The van der Waals surface area contributed by atoms with E-state index in [9.17, 15) is 8.42 Å². The summed E-state index contributed by atoms with van der Waals surface area (Å²) in [4.78, 5) is 8.27. The monoisotopic (exact) mass is 393 g/mol. The Hall–Kier alpha value is -1.12. The van der Waals surface area contributed by atoms with Gasteiger partial charge in [-0.05, 0) is 18.2 Å². The van der Waals surface area contributed by atoms with Crippen LogP contribution in [0.3, 0.4) is 0 Å². The van der Waals surface area contributed by atoms with E-state index < -0.39 is 10.0 Å². The number of nitrogens with zero attached hydrogens (tertiary/aromatic N) is 2. The molecule has 22 heavy (non-hydrogen) atoms. The van der Waals surface area contributed by atoms with Crippen molar-refractivity contribution in [2.45, 2.75) is 4.21 Å². The number of sulfonamides is 1. The van der Waals surface area contributed by atoms with Gasteiger partial charge in [0.2, 0.25) is 0 Å². The van der Waals surface area contributed by atoms with Crippen LogP contribution >= 0.6 is 46.1 Å². The van der Waals surface area contributed by atoms with Crippen molar-refractivity contribution in [1.29, 1.82) is 0 Å². The van der Waals surface area contributed by atoms with E-state index in [4.69, 9.17) is 34.8 Å². The summed E-state index contributed by atoms with van der Waals surface area (Å²) in [6.07, 6.45) is 0. The molecule has 3 rings (SSSR count). The minimum Gasteiger partial charge on any atom is -0.260 e. The first-order valence-electron chi connectivity index (χ1n) is 5.77. The average molecular weight is 395 g/mol. The van der Waals surface area contributed by atoms with Crippen LogP contribution in [0.2, 0.25) is 14.5 Å². The van der Waals surface area contributed by atoms with Gasteiger partial charge in [0, 0.05) is 0 Å². The number of hydrogen-bond acceptors (Lipinski definition) is 5. The van der Waals surface area contributed by atoms with Gasteiger partial charge in [0.15, 0.2) is 11.0 Å². The highest BCUT2D eigenvalue weighted by atomic mass is 35.5. The molecule has 0 atom stereocenters. The molecule has 0 radical (unpaired) electrons. The average Bonchev–Trinajstić information content (AvgIpc) is 2.80. The second kappa shape index (κ2) is 5.82. The summed E-state index contributed by atoms with van der Waals surface area (Å²) in [5.41, 5.74) is 1.09. The van der Waals surface area contributed by atoms with E-state index in [2.05, 4.69) is 14.7 Å². The number of aromatic nitrogens is 2. The zero-order valence-corrected chi connectivity index (χ0v) is 14.4. The molecule has 1 N–H and O–H groups in total. The molecule has 0 aliphatic rings. The van der Waals surface area contributed by atoms with Crippen LogP contribution in [0.15, 0.2) is 34.5 Å². The number of nitrogens with one attached hydrogen (secondary N) is 1. The third-order valence-electron chi connectivity index (χ3n) is 2.65. The van der Waals surface area contributed by atoms with Crippen molar-refractivity contribution >= 4 is 73.0 Å². The fraction of sp³-hybridized carbons (Fsp3) is 0. The SMILES string of the molecule is O=S(=O)(Nc1nc2ccccc2nc1Cl)c1cc(Cl)c(Cl)s1. The second-order valence-electron chi connectivity index (χ2n) is 4.14. The molecule has 0 aliphatic heterocycles. The molecule has 114 valence electrons. The van der Waals surface area contributed by atoms with E-state index in [0.717, 1.165) is 11.3 Å². The second-order valence-corrected chi connectivity index (χ2v) is 8.47. The third-order valence-corrected chi connectivity index (χ3v) is 6.59. The summed E-state index contributed by atoms with van der Waals surface area (Å²) >= 11 is 18.4. The quantitative estimate of drug-likeness (QED) is 0.712. The molecule has 3 aromatic rings. The van der Waals surface area contributed by atoms with Crippen LogP contribution in [0.5, 0.6) is 0 Å². The first-order valence-corrected chi connectivity index (χ1v) is 9.20. The van der Waals surface area contributed by atoms with Gasteiger partial charge in [-0.15, -0.1) is 11.3 Å². The van der Waals surface area contributed by atoms with Gasteiger partial charge < -0.3 is 0 Å². The van der Waals surface area contributed by atoms with Crippen molar-refractivity contribution in [2.24, 2.45) is 0 Å². The van der Waals surface area contributed by atoms with E-state index in [0.29, 0.717) is 11.0 Å². The van der Waals surface area contributed by atoms with Crippen molar-refractivity contribution in [3.8, 4) is 0 Å². The van der Waals surface area contributed by atoms with Crippen molar-refractivity contribution in [1.82, 2.24) is 9.97 Å². The lowest BCUT2D eigenvalue weighted by atomic mass is 10.3. The van der Waals surface area contributed by atoms with Crippen molar-refractivity contribution in [3.63, 3.8) is 0 Å². The van der Waals surface area contributed by atoms with Gasteiger partial charge >= 0.3 is 0 Å². The van der Waals surface area contributed by atoms with Crippen molar-refractivity contribution in [3.05, 3.63) is 44.8 Å². The van der Waals surface area contributed by atoms with Crippen LogP contribution < -0.4 is 4.72 Å². The lowest BCUT2D eigenvalue weighted by molar-refractivity contribution is 0.603. The van der Waals surface area contributed by atoms with Crippen molar-refractivity contribution < 1.29 is 8.42 Å². The maximum absolute atomic E-state index is 12.3. The highest BCUT2D eigenvalue weighted by molar-refractivity contribution is 7.94. The molecule has 1 aromatic carbocycles. The van der Waals surface area contributed by atoms with Crippen LogP contribution in [-0.4, -0.2) is 18.4 Å². The van der Waals surface area contributed by atoms with Gasteiger partial charge in [-0.3, -0.25) is 4.72 Å². The Morgan fingerprint density at radius 2 is 1.68 bits per heavy atom. The fourth-order valence-corrected chi connectivity index (χ4v) is 4.81. The molecule has 0 saturated heterocycles. The molecule has 0 amide bonds. The molecule has 0 spiro atoms. The Bertz CT molecular complexity index is 953. The Labute approximate surface area is 144 Å². The van der Waals surface area contributed by atoms with Crippen molar-refractivity contribution in [2.75, 3.05) is 4.72 Å². The smallest absolute Gasteiger partial charge is 0.260 e. The summed E-state index contributed by atoms with van der Waals surface area (Å²) in [6.45, 7) is 0. The summed E-state index contributed by atoms with van der Waals surface area (Å²) < 4.78 is 27.1. The van der Waals surface area contributed by atoms with E-state index in [1.807, 2.05) is 0 Å². The molecule has 5 nitrogen and oxygen atoms in total. The Morgan fingerprint density at radius 1 is 1.05 bits per heavy atom. The minimum atomic E-state index is -3.89.